The molecule has 1 aliphatic carbocycles. The SMILES string of the molecule is Cc1cccc(-c2nc3cc4c(cc3cc2CN(CCN(C)C)C(=O)Cc2csc(C)n2)CCC4)c1. The van der Waals surface area contributed by atoms with Crippen molar-refractivity contribution < 1.29 is 4.79 Å². The van der Waals surface area contributed by atoms with Gasteiger partial charge in [-0.2, -0.15) is 0 Å². The Labute approximate surface area is 217 Å². The van der Waals surface area contributed by atoms with Gasteiger partial charge in [-0.1, -0.05) is 23.8 Å². The van der Waals surface area contributed by atoms with Gasteiger partial charge in [-0.3, -0.25) is 4.79 Å². The Morgan fingerprint density at radius 1 is 1.00 bits per heavy atom. The highest BCUT2D eigenvalue weighted by Gasteiger charge is 2.21. The van der Waals surface area contributed by atoms with Crippen LogP contribution in [0, 0.1) is 13.8 Å². The van der Waals surface area contributed by atoms with Crippen molar-refractivity contribution in [3.05, 3.63) is 80.8 Å². The number of fused-ring (bicyclic) bond motifs is 2. The average molecular weight is 499 g/mol. The zero-order chi connectivity index (χ0) is 25.2. The predicted octanol–water partition coefficient (Wildman–Crippen LogP) is 5.60. The van der Waals surface area contributed by atoms with Gasteiger partial charge >= 0.3 is 0 Å². The molecule has 186 valence electrons. The lowest BCUT2D eigenvalue weighted by Crippen LogP contribution is -2.37. The Kier molecular flexibility index (Phi) is 7.17. The summed E-state index contributed by atoms with van der Waals surface area (Å²) in [4.78, 5) is 27.3. The van der Waals surface area contributed by atoms with Crippen molar-refractivity contribution in [2.24, 2.45) is 0 Å². The molecule has 0 fully saturated rings. The van der Waals surface area contributed by atoms with Crippen molar-refractivity contribution in [3.8, 4) is 11.3 Å². The molecular weight excluding hydrogens is 464 g/mol. The topological polar surface area (TPSA) is 49.3 Å². The third kappa shape index (κ3) is 5.50. The summed E-state index contributed by atoms with van der Waals surface area (Å²) >= 11 is 1.59. The van der Waals surface area contributed by atoms with Crippen molar-refractivity contribution >= 4 is 28.1 Å². The molecule has 0 atom stereocenters. The third-order valence-corrected chi connectivity index (χ3v) is 7.75. The Balaban J connectivity index is 1.55. The second kappa shape index (κ2) is 10.5. The van der Waals surface area contributed by atoms with E-state index in [1.54, 1.807) is 11.3 Å². The second-order valence-corrected chi connectivity index (χ2v) is 11.2. The van der Waals surface area contributed by atoms with E-state index in [9.17, 15) is 4.79 Å². The molecule has 0 saturated carbocycles. The highest BCUT2D eigenvalue weighted by atomic mass is 32.1. The van der Waals surface area contributed by atoms with Crippen LogP contribution in [-0.4, -0.2) is 52.9 Å². The van der Waals surface area contributed by atoms with Crippen LogP contribution >= 0.6 is 11.3 Å². The summed E-state index contributed by atoms with van der Waals surface area (Å²) in [5.41, 5.74) is 9.13. The smallest absolute Gasteiger partial charge is 0.228 e. The number of nitrogens with zero attached hydrogens (tertiary/aromatic N) is 4. The van der Waals surface area contributed by atoms with Crippen LogP contribution in [-0.2, 0) is 30.6 Å². The first-order valence-electron chi connectivity index (χ1n) is 12.7. The monoisotopic (exact) mass is 498 g/mol. The molecule has 0 radical (unpaired) electrons. The Bertz CT molecular complexity index is 1410. The number of likely N-dealkylation sites (N-methyl/N-ethyl adjacent to an activating group) is 1. The molecule has 2 heterocycles. The van der Waals surface area contributed by atoms with Gasteiger partial charge in [0.1, 0.15) is 0 Å². The summed E-state index contributed by atoms with van der Waals surface area (Å²) in [6.45, 7) is 6.08. The van der Waals surface area contributed by atoms with E-state index in [0.717, 1.165) is 57.8 Å². The van der Waals surface area contributed by atoms with E-state index >= 15 is 0 Å². The third-order valence-electron chi connectivity index (χ3n) is 6.93. The van der Waals surface area contributed by atoms with Crippen LogP contribution in [0.5, 0.6) is 0 Å². The number of aryl methyl sites for hydroxylation is 4. The summed E-state index contributed by atoms with van der Waals surface area (Å²) in [6, 6.07) is 15.4. The van der Waals surface area contributed by atoms with Crippen LogP contribution in [0.2, 0.25) is 0 Å². The van der Waals surface area contributed by atoms with Gasteiger partial charge in [0.25, 0.3) is 0 Å². The number of rotatable bonds is 8. The van der Waals surface area contributed by atoms with E-state index in [4.69, 9.17) is 4.98 Å². The molecule has 0 N–H and O–H groups in total. The first-order valence-corrected chi connectivity index (χ1v) is 13.6. The minimum absolute atomic E-state index is 0.103. The molecule has 0 bridgehead atoms. The van der Waals surface area contributed by atoms with Crippen molar-refractivity contribution in [2.75, 3.05) is 27.2 Å². The molecule has 2 aromatic carbocycles. The van der Waals surface area contributed by atoms with Gasteiger partial charge in [0, 0.05) is 36.0 Å². The number of amides is 1. The lowest BCUT2D eigenvalue weighted by atomic mass is 9.99. The van der Waals surface area contributed by atoms with Gasteiger partial charge in [0.2, 0.25) is 5.91 Å². The quantitative estimate of drug-likeness (QED) is 0.317. The van der Waals surface area contributed by atoms with Crippen LogP contribution in [0.15, 0.2) is 47.8 Å². The number of benzene rings is 2. The van der Waals surface area contributed by atoms with Gasteiger partial charge in [0.05, 0.1) is 28.3 Å². The van der Waals surface area contributed by atoms with Gasteiger partial charge in [0.15, 0.2) is 0 Å². The van der Waals surface area contributed by atoms with Gasteiger partial charge in [-0.15, -0.1) is 11.3 Å². The maximum absolute atomic E-state index is 13.5. The molecule has 1 amide bonds. The minimum atomic E-state index is 0.103. The van der Waals surface area contributed by atoms with E-state index in [-0.39, 0.29) is 5.91 Å². The maximum Gasteiger partial charge on any atom is 0.228 e. The molecular formula is C30H34N4OS. The number of pyridine rings is 1. The molecule has 1 aliphatic rings. The van der Waals surface area contributed by atoms with Crippen LogP contribution in [0.3, 0.4) is 0 Å². The Morgan fingerprint density at radius 3 is 2.53 bits per heavy atom. The molecule has 6 heteroatoms. The van der Waals surface area contributed by atoms with Gasteiger partial charge in [-0.25, -0.2) is 9.97 Å². The lowest BCUT2D eigenvalue weighted by Gasteiger charge is -2.26. The first kappa shape index (κ1) is 24.6. The fourth-order valence-electron chi connectivity index (χ4n) is 5.03. The zero-order valence-corrected chi connectivity index (χ0v) is 22.5. The number of hydrogen-bond donors (Lipinski definition) is 0. The fourth-order valence-corrected chi connectivity index (χ4v) is 5.64. The summed E-state index contributed by atoms with van der Waals surface area (Å²) < 4.78 is 0. The standard InChI is InChI=1S/C30H34N4OS/c1-20-7-5-10-24(13-20)30-26(15-25-14-22-8-6-9-23(22)16-28(25)32-30)18-34(12-11-33(3)4)29(35)17-27-19-36-21(2)31-27/h5,7,10,13-16,19H,6,8-9,11-12,17-18H2,1-4H3. The first-order chi connectivity index (χ1) is 17.4. The van der Waals surface area contributed by atoms with E-state index < -0.39 is 0 Å². The second-order valence-electron chi connectivity index (χ2n) is 10.2. The van der Waals surface area contributed by atoms with Crippen LogP contribution in [0.1, 0.15) is 39.4 Å². The van der Waals surface area contributed by atoms with Gasteiger partial charge < -0.3 is 9.80 Å². The fraction of sp³-hybridized carbons (Fsp3) is 0.367. The van der Waals surface area contributed by atoms with E-state index in [2.05, 4.69) is 59.3 Å². The Morgan fingerprint density at radius 2 is 1.81 bits per heavy atom. The highest BCUT2D eigenvalue weighted by molar-refractivity contribution is 7.09. The van der Waals surface area contributed by atoms with E-state index in [0.29, 0.717) is 19.5 Å². The molecule has 5 nitrogen and oxygen atoms in total. The largest absolute Gasteiger partial charge is 0.337 e. The summed E-state index contributed by atoms with van der Waals surface area (Å²) in [5.74, 6) is 0.103. The molecule has 5 rings (SSSR count). The molecule has 0 aliphatic heterocycles. The number of carbonyl (C=O) groups excluding carboxylic acids is 1. The zero-order valence-electron chi connectivity index (χ0n) is 21.7. The summed E-state index contributed by atoms with van der Waals surface area (Å²) in [6.07, 6.45) is 3.82. The predicted molar refractivity (Wildman–Crippen MR) is 148 cm³/mol. The van der Waals surface area contributed by atoms with Gasteiger partial charge in [-0.05, 0) is 88.2 Å². The Hall–Kier alpha value is -3.09. The van der Waals surface area contributed by atoms with Crippen LogP contribution < -0.4 is 0 Å². The summed E-state index contributed by atoms with van der Waals surface area (Å²) in [5, 5.41) is 4.15. The highest BCUT2D eigenvalue weighted by Crippen LogP contribution is 2.32. The minimum Gasteiger partial charge on any atom is -0.337 e. The number of aromatic nitrogens is 2. The van der Waals surface area contributed by atoms with Crippen molar-refractivity contribution in [3.63, 3.8) is 0 Å². The summed E-state index contributed by atoms with van der Waals surface area (Å²) in [7, 11) is 4.09. The van der Waals surface area contributed by atoms with Crippen LogP contribution in [0.25, 0.3) is 22.2 Å². The van der Waals surface area contributed by atoms with Crippen molar-refractivity contribution in [1.29, 1.82) is 0 Å². The van der Waals surface area contributed by atoms with Crippen molar-refractivity contribution in [1.82, 2.24) is 19.8 Å². The molecule has 4 aromatic rings. The molecule has 0 unspecified atom stereocenters. The van der Waals surface area contributed by atoms with Crippen molar-refractivity contribution in [2.45, 2.75) is 46.1 Å². The normalized spacial score (nSPS) is 12.9. The number of carbonyl (C=O) groups is 1. The molecule has 36 heavy (non-hydrogen) atoms. The number of thiazole rings is 1. The number of hydrogen-bond acceptors (Lipinski definition) is 5. The average Bonchev–Trinajstić information content (AvgIpc) is 3.47. The van der Waals surface area contributed by atoms with Crippen LogP contribution in [0.4, 0.5) is 0 Å². The van der Waals surface area contributed by atoms with E-state index in [1.807, 2.05) is 31.3 Å². The lowest BCUT2D eigenvalue weighted by molar-refractivity contribution is -0.131. The molecule has 0 spiro atoms. The maximum atomic E-state index is 13.5. The molecule has 2 aromatic heterocycles. The van der Waals surface area contributed by atoms with E-state index in [1.165, 1.54) is 23.1 Å². The molecule has 0 saturated heterocycles.